The number of anilines is 1. The molecule has 1 aromatic carbocycles. The number of rotatable bonds is 4. The van der Waals surface area contributed by atoms with Gasteiger partial charge in [-0.05, 0) is 26.0 Å². The van der Waals surface area contributed by atoms with Crippen molar-refractivity contribution in [2.75, 3.05) is 11.9 Å². The summed E-state index contributed by atoms with van der Waals surface area (Å²) in [6.45, 7) is 3.48. The smallest absolute Gasteiger partial charge is 0.206 e. The number of imidazole rings is 1. The fraction of sp³-hybridized carbons (Fsp3) is 0.533. The van der Waals surface area contributed by atoms with Crippen molar-refractivity contribution in [2.24, 2.45) is 0 Å². The lowest BCUT2D eigenvalue weighted by molar-refractivity contribution is -0.0499. The summed E-state index contributed by atoms with van der Waals surface area (Å²) in [4.78, 5) is 4.47. The Morgan fingerprint density at radius 1 is 1.29 bits per heavy atom. The Morgan fingerprint density at radius 2 is 2.00 bits per heavy atom. The first-order valence-electron chi connectivity index (χ1n) is 7.60. The Labute approximate surface area is 148 Å². The number of hydrogen-bond donors (Lipinski definition) is 4. The second-order valence-electron chi connectivity index (χ2n) is 6.06. The molecule has 2 heterocycles. The fourth-order valence-electron chi connectivity index (χ4n) is 2.82. The van der Waals surface area contributed by atoms with Gasteiger partial charge in [-0.1, -0.05) is 23.2 Å². The highest BCUT2D eigenvalue weighted by atomic mass is 35.5. The monoisotopic (exact) mass is 375 g/mol. The zero-order chi connectivity index (χ0) is 17.6. The Balaban J connectivity index is 2.16. The van der Waals surface area contributed by atoms with Crippen molar-refractivity contribution in [3.8, 4) is 0 Å². The number of fused-ring (bicyclic) bond motifs is 1. The van der Waals surface area contributed by atoms with E-state index < -0.39 is 31.1 Å². The average molecular weight is 376 g/mol. The van der Waals surface area contributed by atoms with Crippen molar-refractivity contribution in [2.45, 2.75) is 44.4 Å². The van der Waals surface area contributed by atoms with Gasteiger partial charge in [0.25, 0.3) is 0 Å². The van der Waals surface area contributed by atoms with Gasteiger partial charge in [0.2, 0.25) is 5.95 Å². The largest absolute Gasteiger partial charge is 0.394 e. The molecule has 4 atom stereocenters. The molecule has 1 saturated heterocycles. The minimum Gasteiger partial charge on any atom is -0.394 e. The van der Waals surface area contributed by atoms with E-state index in [0.29, 0.717) is 27.0 Å². The molecule has 1 aliphatic rings. The van der Waals surface area contributed by atoms with E-state index in [2.05, 4.69) is 10.3 Å². The Hall–Kier alpha value is -1.09. The highest BCUT2D eigenvalue weighted by Crippen LogP contribution is 2.38. The molecule has 0 spiro atoms. The number of nitrogens with one attached hydrogen (secondary N) is 1. The number of aliphatic hydroxyl groups excluding tert-OH is 3. The van der Waals surface area contributed by atoms with Crippen molar-refractivity contribution in [3.63, 3.8) is 0 Å². The zero-order valence-corrected chi connectivity index (χ0v) is 14.7. The van der Waals surface area contributed by atoms with Crippen LogP contribution in [0, 0.1) is 0 Å². The van der Waals surface area contributed by atoms with Crippen LogP contribution in [0.5, 0.6) is 0 Å². The van der Waals surface area contributed by atoms with Gasteiger partial charge in [-0.25, -0.2) is 4.98 Å². The van der Waals surface area contributed by atoms with Crippen molar-refractivity contribution in [1.82, 2.24) is 9.55 Å². The molecule has 2 aromatic rings. The molecule has 0 radical (unpaired) electrons. The van der Waals surface area contributed by atoms with Crippen LogP contribution < -0.4 is 5.32 Å². The van der Waals surface area contributed by atoms with Gasteiger partial charge >= 0.3 is 0 Å². The van der Waals surface area contributed by atoms with Crippen molar-refractivity contribution >= 4 is 40.2 Å². The standard InChI is InChI=1S/C15H19Cl2N3O4/c1-6(2)18-15-19-11-8(4-3-7(16)10(11)17)20(15)14-13(23)12(22)9(5-21)24-14/h3-4,6,9,12-14,21-23H,5H2,1-2H3,(H,18,19)/t9-,12-,13-,14-/m0/s1. The van der Waals surface area contributed by atoms with E-state index in [-0.39, 0.29) is 6.04 Å². The molecule has 24 heavy (non-hydrogen) atoms. The SMILES string of the molecule is CC(C)Nc1nc2c(Cl)c(Cl)ccc2n1[C@H]1O[C@@H](CO)[C@H](O)[C@@H]1O. The number of hydrogen-bond acceptors (Lipinski definition) is 6. The van der Waals surface area contributed by atoms with Crippen LogP contribution in [-0.4, -0.2) is 55.8 Å². The molecule has 0 unspecified atom stereocenters. The second-order valence-corrected chi connectivity index (χ2v) is 6.85. The van der Waals surface area contributed by atoms with Gasteiger partial charge in [-0.2, -0.15) is 0 Å². The van der Waals surface area contributed by atoms with Crippen molar-refractivity contribution < 1.29 is 20.1 Å². The van der Waals surface area contributed by atoms with Crippen molar-refractivity contribution in [3.05, 3.63) is 22.2 Å². The zero-order valence-electron chi connectivity index (χ0n) is 13.1. The normalized spacial score (nSPS) is 27.3. The third-order valence-electron chi connectivity index (χ3n) is 3.94. The molecular formula is C15H19Cl2N3O4. The summed E-state index contributed by atoms with van der Waals surface area (Å²) in [6, 6.07) is 3.41. The number of ether oxygens (including phenoxy) is 1. The van der Waals surface area contributed by atoms with Crippen LogP contribution in [0.1, 0.15) is 20.1 Å². The summed E-state index contributed by atoms with van der Waals surface area (Å²) < 4.78 is 7.26. The summed E-state index contributed by atoms with van der Waals surface area (Å²) >= 11 is 12.3. The Kier molecular flexibility index (Phi) is 4.92. The molecule has 4 N–H and O–H groups in total. The lowest BCUT2D eigenvalue weighted by Crippen LogP contribution is -2.33. The number of aromatic nitrogens is 2. The number of nitrogens with zero attached hydrogens (tertiary/aromatic N) is 2. The molecule has 1 fully saturated rings. The average Bonchev–Trinajstić information content (AvgIpc) is 3.02. The molecule has 132 valence electrons. The van der Waals surface area contributed by atoms with E-state index in [1.54, 1.807) is 16.7 Å². The maximum Gasteiger partial charge on any atom is 0.206 e. The van der Waals surface area contributed by atoms with Gasteiger partial charge in [0.15, 0.2) is 6.23 Å². The fourth-order valence-corrected chi connectivity index (χ4v) is 3.17. The molecule has 0 saturated carbocycles. The van der Waals surface area contributed by atoms with Crippen LogP contribution in [0.25, 0.3) is 11.0 Å². The van der Waals surface area contributed by atoms with E-state index in [4.69, 9.17) is 27.9 Å². The van der Waals surface area contributed by atoms with Gasteiger partial charge in [-0.3, -0.25) is 4.57 Å². The van der Waals surface area contributed by atoms with Gasteiger partial charge in [0, 0.05) is 6.04 Å². The van der Waals surface area contributed by atoms with Crippen LogP contribution in [0.3, 0.4) is 0 Å². The quantitative estimate of drug-likeness (QED) is 0.649. The van der Waals surface area contributed by atoms with Gasteiger partial charge in [-0.15, -0.1) is 0 Å². The highest BCUT2D eigenvalue weighted by Gasteiger charge is 2.44. The van der Waals surface area contributed by atoms with E-state index in [1.165, 1.54) is 0 Å². The lowest BCUT2D eigenvalue weighted by Gasteiger charge is -2.21. The van der Waals surface area contributed by atoms with Crippen LogP contribution >= 0.6 is 23.2 Å². The summed E-state index contributed by atoms with van der Waals surface area (Å²) in [5.74, 6) is 0.430. The molecule has 0 aliphatic carbocycles. The van der Waals surface area contributed by atoms with Gasteiger partial charge in [0.1, 0.15) is 23.8 Å². The van der Waals surface area contributed by atoms with Crippen molar-refractivity contribution in [1.29, 1.82) is 0 Å². The van der Waals surface area contributed by atoms with E-state index in [0.717, 1.165) is 0 Å². The van der Waals surface area contributed by atoms with E-state index >= 15 is 0 Å². The summed E-state index contributed by atoms with van der Waals surface area (Å²) in [7, 11) is 0. The number of halogens is 2. The summed E-state index contributed by atoms with van der Waals surface area (Å²) in [6.07, 6.45) is -4.22. The van der Waals surface area contributed by atoms with E-state index in [1.807, 2.05) is 13.8 Å². The first-order chi connectivity index (χ1) is 11.3. The maximum absolute atomic E-state index is 10.4. The minimum atomic E-state index is -1.22. The predicted molar refractivity (Wildman–Crippen MR) is 91.5 cm³/mol. The molecular weight excluding hydrogens is 357 g/mol. The Morgan fingerprint density at radius 3 is 2.58 bits per heavy atom. The maximum atomic E-state index is 10.4. The molecule has 0 amide bonds. The first-order valence-corrected chi connectivity index (χ1v) is 8.35. The van der Waals surface area contributed by atoms with Gasteiger partial charge in [0.05, 0.1) is 22.2 Å². The molecule has 7 nitrogen and oxygen atoms in total. The van der Waals surface area contributed by atoms with Crippen LogP contribution in [0.4, 0.5) is 5.95 Å². The molecule has 3 rings (SSSR count). The van der Waals surface area contributed by atoms with Crippen LogP contribution in [0.15, 0.2) is 12.1 Å². The van der Waals surface area contributed by atoms with Crippen LogP contribution in [0.2, 0.25) is 10.0 Å². The third-order valence-corrected chi connectivity index (χ3v) is 4.74. The highest BCUT2D eigenvalue weighted by molar-refractivity contribution is 6.45. The molecule has 9 heteroatoms. The topological polar surface area (TPSA) is 99.8 Å². The van der Waals surface area contributed by atoms with Crippen LogP contribution in [-0.2, 0) is 4.74 Å². The van der Waals surface area contributed by atoms with Gasteiger partial charge < -0.3 is 25.4 Å². The second kappa shape index (κ2) is 6.67. The third kappa shape index (κ3) is 2.85. The summed E-state index contributed by atoms with van der Waals surface area (Å²) in [5.41, 5.74) is 1.06. The number of aliphatic hydroxyl groups is 3. The molecule has 1 aromatic heterocycles. The predicted octanol–water partition coefficient (Wildman–Crippen LogP) is 1.77. The van der Waals surface area contributed by atoms with E-state index in [9.17, 15) is 15.3 Å². The molecule has 0 bridgehead atoms. The lowest BCUT2D eigenvalue weighted by atomic mass is 10.1. The first kappa shape index (κ1) is 17.7. The summed E-state index contributed by atoms with van der Waals surface area (Å²) in [5, 5.41) is 33.5. The Bertz CT molecular complexity index is 752. The minimum absolute atomic E-state index is 0.0620. The number of benzene rings is 1. The molecule has 1 aliphatic heterocycles.